The minimum absolute atomic E-state index is 0.123. The van der Waals surface area contributed by atoms with Gasteiger partial charge in [-0.05, 0) is 73.6 Å². The SMILES string of the molecule is C=C[C@@]12CC[C@@H](C[C@@]1(O)C1=C[C@H](O[Si](C)(C)C(C)(C)C)CCC1)C2(C)C. The Hall–Kier alpha value is -0.383. The Morgan fingerprint density at radius 2 is 1.92 bits per heavy atom. The van der Waals surface area contributed by atoms with Crippen LogP contribution in [0.2, 0.25) is 18.1 Å². The highest BCUT2D eigenvalue weighted by Crippen LogP contribution is 2.72. The summed E-state index contributed by atoms with van der Waals surface area (Å²) < 4.78 is 6.70. The van der Waals surface area contributed by atoms with Crippen molar-refractivity contribution in [2.45, 2.75) is 103 Å². The van der Waals surface area contributed by atoms with Gasteiger partial charge in [0.05, 0.1) is 11.7 Å². The molecule has 3 aliphatic rings. The van der Waals surface area contributed by atoms with Crippen molar-refractivity contribution < 1.29 is 9.53 Å². The van der Waals surface area contributed by atoms with E-state index in [0.717, 1.165) is 32.1 Å². The van der Waals surface area contributed by atoms with Gasteiger partial charge in [0.1, 0.15) is 0 Å². The van der Waals surface area contributed by atoms with Crippen LogP contribution in [-0.4, -0.2) is 25.1 Å². The lowest BCUT2D eigenvalue weighted by Gasteiger charge is -2.48. The Bertz CT molecular complexity index is 612. The van der Waals surface area contributed by atoms with E-state index in [9.17, 15) is 5.11 Å². The van der Waals surface area contributed by atoms with Crippen LogP contribution < -0.4 is 0 Å². The molecule has 0 unspecified atom stereocenters. The maximum absolute atomic E-state index is 12.0. The molecule has 0 amide bonds. The second kappa shape index (κ2) is 6.06. The van der Waals surface area contributed by atoms with Gasteiger partial charge in [-0.1, -0.05) is 46.8 Å². The van der Waals surface area contributed by atoms with E-state index in [1.807, 2.05) is 0 Å². The van der Waals surface area contributed by atoms with Crippen molar-refractivity contribution in [1.29, 1.82) is 0 Å². The van der Waals surface area contributed by atoms with Crippen LogP contribution >= 0.6 is 0 Å². The van der Waals surface area contributed by atoms with Gasteiger partial charge < -0.3 is 9.53 Å². The smallest absolute Gasteiger partial charge is 0.192 e. The van der Waals surface area contributed by atoms with E-state index in [2.05, 4.69) is 66.4 Å². The molecular formula is C23H40O2Si. The van der Waals surface area contributed by atoms with Crippen LogP contribution in [0, 0.1) is 16.7 Å². The standard InChI is InChI=1S/C23H40O2Si/c1-9-22-14-13-18(21(22,5)6)16-23(22,24)17-11-10-12-19(15-17)25-26(7,8)20(2,3)4/h9,15,18-19,24H,1,10-14,16H2,2-8H3/t18-,19+,22-,23+/m0/s1. The van der Waals surface area contributed by atoms with E-state index >= 15 is 0 Å². The van der Waals surface area contributed by atoms with Crippen molar-refractivity contribution in [1.82, 2.24) is 0 Å². The molecule has 0 saturated heterocycles. The minimum Gasteiger partial charge on any atom is -0.411 e. The Kier molecular flexibility index (Phi) is 4.74. The summed E-state index contributed by atoms with van der Waals surface area (Å²) in [7, 11) is -1.80. The Balaban J connectivity index is 1.92. The zero-order valence-corrected chi connectivity index (χ0v) is 19.1. The predicted octanol–water partition coefficient (Wildman–Crippen LogP) is 6.23. The zero-order valence-electron chi connectivity index (χ0n) is 18.1. The molecule has 0 aromatic rings. The summed E-state index contributed by atoms with van der Waals surface area (Å²) >= 11 is 0. The van der Waals surface area contributed by atoms with Crippen molar-refractivity contribution in [2.24, 2.45) is 16.7 Å². The summed E-state index contributed by atoms with van der Waals surface area (Å²) in [5, 5.41) is 12.2. The highest BCUT2D eigenvalue weighted by atomic mass is 28.4. The number of aliphatic hydroxyl groups is 1. The third-order valence-electron chi connectivity index (χ3n) is 8.79. The molecule has 3 aliphatic carbocycles. The second-order valence-electron chi connectivity index (χ2n) is 11.2. The fraction of sp³-hybridized carbons (Fsp3) is 0.826. The lowest BCUT2D eigenvalue weighted by molar-refractivity contribution is -0.0447. The molecule has 3 heteroatoms. The molecule has 2 saturated carbocycles. The Morgan fingerprint density at radius 3 is 2.46 bits per heavy atom. The molecule has 0 aromatic heterocycles. The number of fused-ring (bicyclic) bond motifs is 2. The molecule has 0 spiro atoms. The Morgan fingerprint density at radius 1 is 1.27 bits per heavy atom. The van der Waals surface area contributed by atoms with Gasteiger partial charge in [-0.15, -0.1) is 6.58 Å². The molecule has 0 aliphatic heterocycles. The third-order valence-corrected chi connectivity index (χ3v) is 13.3. The quantitative estimate of drug-likeness (QED) is 0.465. The van der Waals surface area contributed by atoms with Gasteiger partial charge in [0, 0.05) is 5.41 Å². The van der Waals surface area contributed by atoms with E-state index in [4.69, 9.17) is 4.43 Å². The van der Waals surface area contributed by atoms with Crippen LogP contribution in [0.3, 0.4) is 0 Å². The highest BCUT2D eigenvalue weighted by Gasteiger charge is 2.70. The first-order valence-electron chi connectivity index (χ1n) is 10.6. The average molecular weight is 377 g/mol. The van der Waals surface area contributed by atoms with E-state index in [1.165, 1.54) is 12.0 Å². The lowest BCUT2D eigenvalue weighted by Crippen LogP contribution is -2.50. The zero-order chi connectivity index (χ0) is 19.6. The molecule has 2 fully saturated rings. The van der Waals surface area contributed by atoms with Crippen LogP contribution in [0.15, 0.2) is 24.3 Å². The molecule has 26 heavy (non-hydrogen) atoms. The van der Waals surface area contributed by atoms with Crippen molar-refractivity contribution in [3.8, 4) is 0 Å². The van der Waals surface area contributed by atoms with E-state index < -0.39 is 13.9 Å². The first kappa shape index (κ1) is 20.4. The van der Waals surface area contributed by atoms with Gasteiger partial charge in [0.15, 0.2) is 8.32 Å². The first-order valence-corrected chi connectivity index (χ1v) is 13.5. The molecule has 148 valence electrons. The highest BCUT2D eigenvalue weighted by molar-refractivity contribution is 6.74. The number of hydrogen-bond donors (Lipinski definition) is 1. The van der Waals surface area contributed by atoms with Gasteiger partial charge in [-0.2, -0.15) is 0 Å². The van der Waals surface area contributed by atoms with E-state index in [-0.39, 0.29) is 22.0 Å². The normalized spacial score (nSPS) is 39.8. The molecule has 4 atom stereocenters. The molecule has 0 heterocycles. The fourth-order valence-corrected chi connectivity index (χ4v) is 7.21. The summed E-state index contributed by atoms with van der Waals surface area (Å²) in [6.45, 7) is 20.4. The van der Waals surface area contributed by atoms with Crippen LogP contribution in [0.4, 0.5) is 0 Å². The maximum atomic E-state index is 12.0. The summed E-state index contributed by atoms with van der Waals surface area (Å²) in [6.07, 6.45) is 11.0. The molecule has 2 bridgehead atoms. The van der Waals surface area contributed by atoms with Crippen LogP contribution in [0.25, 0.3) is 0 Å². The fourth-order valence-electron chi connectivity index (χ4n) is 5.91. The summed E-state index contributed by atoms with van der Waals surface area (Å²) in [5.41, 5.74) is 0.450. The van der Waals surface area contributed by atoms with Crippen LogP contribution in [-0.2, 0) is 4.43 Å². The van der Waals surface area contributed by atoms with Crippen molar-refractivity contribution in [2.75, 3.05) is 0 Å². The van der Waals surface area contributed by atoms with Gasteiger partial charge in [-0.3, -0.25) is 0 Å². The van der Waals surface area contributed by atoms with Gasteiger partial charge in [0.25, 0.3) is 0 Å². The molecule has 1 N–H and O–H groups in total. The summed E-state index contributed by atoms with van der Waals surface area (Å²) in [4.78, 5) is 0. The number of hydrogen-bond acceptors (Lipinski definition) is 2. The topological polar surface area (TPSA) is 29.5 Å². The van der Waals surface area contributed by atoms with Gasteiger partial charge in [0.2, 0.25) is 0 Å². The average Bonchev–Trinajstić information content (AvgIpc) is 2.87. The Labute approximate surface area is 162 Å². The second-order valence-corrected chi connectivity index (χ2v) is 16.0. The molecule has 2 nitrogen and oxygen atoms in total. The minimum atomic E-state index is -1.80. The molecule has 0 radical (unpaired) electrons. The predicted molar refractivity (Wildman–Crippen MR) is 113 cm³/mol. The van der Waals surface area contributed by atoms with Crippen molar-refractivity contribution >= 4 is 8.32 Å². The van der Waals surface area contributed by atoms with E-state index in [1.54, 1.807) is 0 Å². The summed E-state index contributed by atoms with van der Waals surface area (Å²) in [5.74, 6) is 0.591. The summed E-state index contributed by atoms with van der Waals surface area (Å²) in [6, 6.07) is 0. The monoisotopic (exact) mass is 376 g/mol. The molecule has 0 aromatic carbocycles. The van der Waals surface area contributed by atoms with Crippen LogP contribution in [0.5, 0.6) is 0 Å². The lowest BCUT2D eigenvalue weighted by atomic mass is 9.60. The van der Waals surface area contributed by atoms with E-state index in [0.29, 0.717) is 5.92 Å². The van der Waals surface area contributed by atoms with Crippen molar-refractivity contribution in [3.63, 3.8) is 0 Å². The maximum Gasteiger partial charge on any atom is 0.192 e. The van der Waals surface area contributed by atoms with Gasteiger partial charge >= 0.3 is 0 Å². The molecular weight excluding hydrogens is 336 g/mol. The van der Waals surface area contributed by atoms with Gasteiger partial charge in [-0.25, -0.2) is 0 Å². The molecule has 3 rings (SSSR count). The van der Waals surface area contributed by atoms with Crippen molar-refractivity contribution in [3.05, 3.63) is 24.3 Å². The number of rotatable bonds is 4. The van der Waals surface area contributed by atoms with Crippen LogP contribution in [0.1, 0.15) is 73.1 Å². The largest absolute Gasteiger partial charge is 0.411 e. The third kappa shape index (κ3) is 2.64. The first-order chi connectivity index (χ1) is 11.8.